The SMILES string of the molecule is COc1ccc(/C=C/Br)cc1F.COc1ccc(/C=C/C2NCCc3cc(C)c(CO)cc32)cc1F. The number of fused-ring (bicyclic) bond motifs is 1. The van der Waals surface area contributed by atoms with Crippen LogP contribution in [-0.4, -0.2) is 25.9 Å². The Bertz CT molecular complexity index is 1240. The van der Waals surface area contributed by atoms with E-state index in [4.69, 9.17) is 9.47 Å². The average Bonchev–Trinajstić information content (AvgIpc) is 2.88. The van der Waals surface area contributed by atoms with Gasteiger partial charge in [-0.25, -0.2) is 8.78 Å². The van der Waals surface area contributed by atoms with Crippen molar-refractivity contribution in [3.8, 4) is 11.5 Å². The molecule has 4 nitrogen and oxygen atoms in total. The van der Waals surface area contributed by atoms with E-state index in [1.54, 1.807) is 29.3 Å². The summed E-state index contributed by atoms with van der Waals surface area (Å²) in [5.41, 5.74) is 6.14. The molecular formula is C29H30BrF2NO3. The maximum absolute atomic E-state index is 13.8. The van der Waals surface area contributed by atoms with Crippen molar-refractivity contribution >= 4 is 28.1 Å². The van der Waals surface area contributed by atoms with Crippen LogP contribution in [0.15, 0.2) is 59.6 Å². The van der Waals surface area contributed by atoms with Gasteiger partial charge in [0.05, 0.1) is 26.9 Å². The second kappa shape index (κ2) is 13.3. The fourth-order valence-electron chi connectivity index (χ4n) is 4.00. The van der Waals surface area contributed by atoms with Crippen LogP contribution in [0.3, 0.4) is 0 Å². The van der Waals surface area contributed by atoms with Crippen molar-refractivity contribution in [3.63, 3.8) is 0 Å². The molecule has 1 atom stereocenters. The van der Waals surface area contributed by atoms with E-state index in [0.29, 0.717) is 0 Å². The van der Waals surface area contributed by atoms with Crippen LogP contribution < -0.4 is 14.8 Å². The Hall–Kier alpha value is -3.00. The molecule has 0 aliphatic carbocycles. The molecule has 7 heteroatoms. The predicted molar refractivity (Wildman–Crippen MR) is 144 cm³/mol. The highest BCUT2D eigenvalue weighted by Crippen LogP contribution is 2.28. The Morgan fingerprint density at radius 3 is 2.11 bits per heavy atom. The van der Waals surface area contributed by atoms with Crippen LogP contribution in [-0.2, 0) is 13.0 Å². The van der Waals surface area contributed by atoms with Gasteiger partial charge in [-0.05, 0) is 82.1 Å². The lowest BCUT2D eigenvalue weighted by Crippen LogP contribution is -2.28. The van der Waals surface area contributed by atoms with E-state index in [0.717, 1.165) is 35.2 Å². The highest BCUT2D eigenvalue weighted by Gasteiger charge is 2.19. The van der Waals surface area contributed by atoms with Gasteiger partial charge in [-0.2, -0.15) is 0 Å². The monoisotopic (exact) mass is 557 g/mol. The van der Waals surface area contributed by atoms with Crippen LogP contribution in [0.25, 0.3) is 12.2 Å². The lowest BCUT2D eigenvalue weighted by atomic mass is 9.90. The molecule has 1 heterocycles. The lowest BCUT2D eigenvalue weighted by Gasteiger charge is -2.26. The van der Waals surface area contributed by atoms with Crippen molar-refractivity contribution in [1.82, 2.24) is 5.32 Å². The van der Waals surface area contributed by atoms with Gasteiger partial charge in [-0.1, -0.05) is 52.3 Å². The standard InChI is InChI=1S/C20H22FNO2.C9H8BrFO/c1-13-9-15-7-8-22-19(17(15)11-16(13)12-23)5-3-14-4-6-20(24-2)18(21)10-14;1-12-9-3-2-7(4-5-10)6-8(9)11/h3-6,9-11,19,22-23H,7-8,12H2,1-2H3;2-6H,1H3/b5-3+;5-4+. The Morgan fingerprint density at radius 2 is 1.58 bits per heavy atom. The molecule has 0 bridgehead atoms. The summed E-state index contributed by atoms with van der Waals surface area (Å²) in [6, 6.07) is 14.0. The Balaban J connectivity index is 0.000000253. The van der Waals surface area contributed by atoms with Gasteiger partial charge in [-0.15, -0.1) is 0 Å². The number of methoxy groups -OCH3 is 2. The molecule has 3 aromatic rings. The summed E-state index contributed by atoms with van der Waals surface area (Å²) in [6.45, 7) is 2.97. The topological polar surface area (TPSA) is 50.7 Å². The normalized spacial score (nSPS) is 14.9. The van der Waals surface area contributed by atoms with Crippen molar-refractivity contribution in [3.05, 3.63) is 105 Å². The van der Waals surface area contributed by atoms with E-state index < -0.39 is 0 Å². The third kappa shape index (κ3) is 7.03. The predicted octanol–water partition coefficient (Wildman–Crippen LogP) is 6.74. The second-order valence-electron chi connectivity index (χ2n) is 8.26. The first kappa shape index (κ1) is 27.6. The first-order valence-electron chi connectivity index (χ1n) is 11.5. The second-order valence-corrected chi connectivity index (χ2v) is 8.79. The van der Waals surface area contributed by atoms with Gasteiger partial charge in [0, 0.05) is 6.54 Å². The van der Waals surface area contributed by atoms with E-state index >= 15 is 0 Å². The van der Waals surface area contributed by atoms with Gasteiger partial charge in [0.1, 0.15) is 0 Å². The molecular weight excluding hydrogens is 528 g/mol. The number of benzene rings is 3. The zero-order chi connectivity index (χ0) is 26.1. The number of nitrogens with one attached hydrogen (secondary N) is 1. The molecule has 1 aliphatic rings. The maximum atomic E-state index is 13.8. The number of hydrogen-bond acceptors (Lipinski definition) is 4. The number of hydrogen-bond donors (Lipinski definition) is 2. The van der Waals surface area contributed by atoms with E-state index in [1.165, 1.54) is 37.5 Å². The summed E-state index contributed by atoms with van der Waals surface area (Å²) >= 11 is 3.11. The summed E-state index contributed by atoms with van der Waals surface area (Å²) < 4.78 is 36.5. The van der Waals surface area contributed by atoms with Gasteiger partial charge < -0.3 is 19.9 Å². The first-order chi connectivity index (χ1) is 17.4. The van der Waals surface area contributed by atoms with Crippen LogP contribution in [0.4, 0.5) is 8.78 Å². The Morgan fingerprint density at radius 1 is 0.972 bits per heavy atom. The van der Waals surface area contributed by atoms with Crippen LogP contribution in [0.1, 0.15) is 39.4 Å². The minimum absolute atomic E-state index is 0.0409. The number of ether oxygens (including phenoxy) is 2. The zero-order valence-electron chi connectivity index (χ0n) is 20.5. The molecule has 2 N–H and O–H groups in total. The van der Waals surface area contributed by atoms with E-state index in [9.17, 15) is 13.9 Å². The van der Waals surface area contributed by atoms with Crippen molar-refractivity contribution in [1.29, 1.82) is 0 Å². The average molecular weight is 558 g/mol. The minimum atomic E-state index is -0.366. The Kier molecular flexibility index (Phi) is 10.2. The molecule has 0 amide bonds. The van der Waals surface area contributed by atoms with E-state index in [2.05, 4.69) is 33.4 Å². The number of aliphatic hydroxyl groups is 1. The molecule has 36 heavy (non-hydrogen) atoms. The molecule has 0 saturated heterocycles. The van der Waals surface area contributed by atoms with Gasteiger partial charge in [0.2, 0.25) is 0 Å². The zero-order valence-corrected chi connectivity index (χ0v) is 22.1. The number of halogens is 3. The summed E-state index contributed by atoms with van der Waals surface area (Å²) in [7, 11) is 2.90. The molecule has 4 rings (SSSR count). The number of aryl methyl sites for hydroxylation is 1. The first-order valence-corrected chi connectivity index (χ1v) is 12.4. The van der Waals surface area contributed by atoms with Crippen molar-refractivity contribution in [2.75, 3.05) is 20.8 Å². The van der Waals surface area contributed by atoms with E-state index in [1.807, 2.05) is 25.1 Å². The lowest BCUT2D eigenvalue weighted by molar-refractivity contribution is 0.280. The molecule has 190 valence electrons. The molecule has 0 spiro atoms. The third-order valence-corrected chi connectivity index (χ3v) is 6.21. The van der Waals surface area contributed by atoms with Gasteiger partial charge in [0.15, 0.2) is 23.1 Å². The molecule has 0 aromatic heterocycles. The molecule has 0 fully saturated rings. The summed E-state index contributed by atoms with van der Waals surface area (Å²) in [4.78, 5) is 1.67. The molecule has 3 aromatic carbocycles. The molecule has 0 radical (unpaired) electrons. The van der Waals surface area contributed by atoms with Gasteiger partial charge in [-0.3, -0.25) is 0 Å². The van der Waals surface area contributed by atoms with Gasteiger partial charge in [0.25, 0.3) is 0 Å². The van der Waals surface area contributed by atoms with E-state index in [-0.39, 0.29) is 35.8 Å². The summed E-state index contributed by atoms with van der Waals surface area (Å²) in [6.07, 6.45) is 6.68. The molecule has 1 aliphatic heterocycles. The van der Waals surface area contributed by atoms with Crippen molar-refractivity contribution in [2.24, 2.45) is 0 Å². The fraction of sp³-hybridized carbons (Fsp3) is 0.241. The Labute approximate surface area is 219 Å². The van der Waals surface area contributed by atoms with Crippen LogP contribution >= 0.6 is 15.9 Å². The summed E-state index contributed by atoms with van der Waals surface area (Å²) in [5.74, 6) is -0.200. The number of aliphatic hydroxyl groups excluding tert-OH is 1. The molecule has 0 saturated carbocycles. The van der Waals surface area contributed by atoms with Crippen molar-refractivity contribution < 1.29 is 23.4 Å². The number of rotatable bonds is 6. The van der Waals surface area contributed by atoms with Crippen LogP contribution in [0.5, 0.6) is 11.5 Å². The quantitative estimate of drug-likeness (QED) is 0.352. The van der Waals surface area contributed by atoms with Crippen LogP contribution in [0, 0.1) is 18.6 Å². The maximum Gasteiger partial charge on any atom is 0.165 e. The highest BCUT2D eigenvalue weighted by atomic mass is 79.9. The fourth-order valence-corrected chi connectivity index (χ4v) is 4.31. The molecule has 1 unspecified atom stereocenters. The van der Waals surface area contributed by atoms with Gasteiger partial charge >= 0.3 is 0 Å². The smallest absolute Gasteiger partial charge is 0.165 e. The summed E-state index contributed by atoms with van der Waals surface area (Å²) in [5, 5.41) is 13.0. The van der Waals surface area contributed by atoms with Crippen molar-refractivity contribution in [2.45, 2.75) is 26.0 Å². The third-order valence-electron chi connectivity index (χ3n) is 5.95. The minimum Gasteiger partial charge on any atom is -0.494 e. The largest absolute Gasteiger partial charge is 0.494 e. The highest BCUT2D eigenvalue weighted by molar-refractivity contribution is 9.11. The van der Waals surface area contributed by atoms with Crippen LogP contribution in [0.2, 0.25) is 0 Å².